The molecular formula is C17H16ClIN2O4S. The Morgan fingerprint density at radius 3 is 2.54 bits per heavy atom. The summed E-state index contributed by atoms with van der Waals surface area (Å²) in [6.07, 6.45) is 0. The van der Waals surface area contributed by atoms with Crippen LogP contribution in [0.1, 0.15) is 10.4 Å². The first-order valence-corrected chi connectivity index (χ1v) is 10.7. The molecule has 0 saturated carbocycles. The van der Waals surface area contributed by atoms with Gasteiger partial charge in [0.05, 0.1) is 23.8 Å². The number of carbonyl (C=O) groups is 1. The van der Waals surface area contributed by atoms with Gasteiger partial charge in [0, 0.05) is 22.3 Å². The second-order valence-electron chi connectivity index (χ2n) is 5.60. The molecule has 138 valence electrons. The molecule has 0 atom stereocenters. The molecule has 9 heteroatoms. The number of nitrogens with one attached hydrogen (secondary N) is 1. The molecule has 3 rings (SSSR count). The number of anilines is 1. The van der Waals surface area contributed by atoms with Crippen molar-refractivity contribution in [3.8, 4) is 0 Å². The zero-order valence-electron chi connectivity index (χ0n) is 13.6. The highest BCUT2D eigenvalue weighted by molar-refractivity contribution is 14.1. The van der Waals surface area contributed by atoms with Crippen molar-refractivity contribution in [2.24, 2.45) is 0 Å². The third-order valence-electron chi connectivity index (χ3n) is 3.90. The van der Waals surface area contributed by atoms with Crippen molar-refractivity contribution >= 4 is 55.8 Å². The van der Waals surface area contributed by atoms with Crippen LogP contribution in [0.15, 0.2) is 47.4 Å². The van der Waals surface area contributed by atoms with Gasteiger partial charge in [-0.2, -0.15) is 4.31 Å². The van der Waals surface area contributed by atoms with Crippen LogP contribution in [0, 0.1) is 3.57 Å². The van der Waals surface area contributed by atoms with Crippen molar-refractivity contribution in [1.82, 2.24) is 4.31 Å². The summed E-state index contributed by atoms with van der Waals surface area (Å²) in [7, 11) is -3.76. The molecule has 0 spiro atoms. The lowest BCUT2D eigenvalue weighted by Crippen LogP contribution is -2.40. The molecule has 0 radical (unpaired) electrons. The van der Waals surface area contributed by atoms with Crippen LogP contribution in [0.2, 0.25) is 5.02 Å². The summed E-state index contributed by atoms with van der Waals surface area (Å²) in [5.74, 6) is -0.313. The Bertz CT molecular complexity index is 930. The molecule has 0 bridgehead atoms. The maximum absolute atomic E-state index is 12.8. The average molecular weight is 507 g/mol. The fourth-order valence-electron chi connectivity index (χ4n) is 2.55. The van der Waals surface area contributed by atoms with Gasteiger partial charge in [-0.05, 0) is 52.9 Å². The number of sulfonamides is 1. The van der Waals surface area contributed by atoms with E-state index < -0.39 is 10.0 Å². The minimum Gasteiger partial charge on any atom is -0.379 e. The molecule has 1 fully saturated rings. The zero-order valence-corrected chi connectivity index (χ0v) is 17.3. The van der Waals surface area contributed by atoms with Crippen molar-refractivity contribution in [1.29, 1.82) is 0 Å². The smallest absolute Gasteiger partial charge is 0.256 e. The van der Waals surface area contributed by atoms with Gasteiger partial charge in [-0.15, -0.1) is 0 Å². The van der Waals surface area contributed by atoms with Crippen LogP contribution in [-0.4, -0.2) is 44.9 Å². The fraction of sp³-hybridized carbons (Fsp3) is 0.235. The van der Waals surface area contributed by atoms with E-state index >= 15 is 0 Å². The average Bonchev–Trinajstić information content (AvgIpc) is 2.64. The van der Waals surface area contributed by atoms with Gasteiger partial charge in [0.1, 0.15) is 4.90 Å². The number of amides is 1. The maximum atomic E-state index is 12.8. The number of rotatable bonds is 4. The SMILES string of the molecule is O=C(Nc1ccc(Cl)c(S(=O)(=O)N2CCOCC2)c1)c1ccccc1I. The van der Waals surface area contributed by atoms with Gasteiger partial charge in [0.2, 0.25) is 10.0 Å². The quantitative estimate of drug-likeness (QED) is 0.646. The van der Waals surface area contributed by atoms with E-state index in [0.717, 1.165) is 3.57 Å². The second-order valence-corrected chi connectivity index (χ2v) is 9.07. The van der Waals surface area contributed by atoms with Crippen molar-refractivity contribution in [2.45, 2.75) is 4.90 Å². The van der Waals surface area contributed by atoms with E-state index in [2.05, 4.69) is 27.9 Å². The predicted octanol–water partition coefficient (Wildman–Crippen LogP) is 3.22. The lowest BCUT2D eigenvalue weighted by atomic mass is 10.2. The van der Waals surface area contributed by atoms with Gasteiger partial charge in [0.15, 0.2) is 0 Å². The molecular weight excluding hydrogens is 491 g/mol. The van der Waals surface area contributed by atoms with Crippen molar-refractivity contribution in [3.05, 3.63) is 56.6 Å². The van der Waals surface area contributed by atoms with Crippen LogP contribution < -0.4 is 5.32 Å². The molecule has 0 aromatic heterocycles. The molecule has 26 heavy (non-hydrogen) atoms. The minimum absolute atomic E-state index is 0.0263. The van der Waals surface area contributed by atoms with Crippen LogP contribution >= 0.6 is 34.2 Å². The largest absolute Gasteiger partial charge is 0.379 e. The Hall–Kier alpha value is -1.20. The molecule has 1 aliphatic rings. The number of hydrogen-bond acceptors (Lipinski definition) is 4. The maximum Gasteiger partial charge on any atom is 0.256 e. The summed E-state index contributed by atoms with van der Waals surface area (Å²) in [5.41, 5.74) is 0.881. The van der Waals surface area contributed by atoms with E-state index in [1.165, 1.54) is 16.4 Å². The van der Waals surface area contributed by atoms with E-state index in [-0.39, 0.29) is 28.9 Å². The standard InChI is InChI=1S/C17H16ClIN2O4S/c18-14-6-5-12(20-17(22)13-3-1-2-4-15(13)19)11-16(14)26(23,24)21-7-9-25-10-8-21/h1-6,11H,7-10H2,(H,20,22). The summed E-state index contributed by atoms with van der Waals surface area (Å²) in [6.45, 7) is 1.24. The summed E-state index contributed by atoms with van der Waals surface area (Å²) >= 11 is 8.20. The highest BCUT2D eigenvalue weighted by Crippen LogP contribution is 2.28. The topological polar surface area (TPSA) is 75.7 Å². The Labute approximate surface area is 170 Å². The number of carbonyl (C=O) groups excluding carboxylic acids is 1. The predicted molar refractivity (Wildman–Crippen MR) is 108 cm³/mol. The molecule has 1 N–H and O–H groups in total. The zero-order chi connectivity index (χ0) is 18.7. The summed E-state index contributed by atoms with van der Waals surface area (Å²) < 4.78 is 33.0. The van der Waals surface area contributed by atoms with E-state index in [1.807, 2.05) is 12.1 Å². The number of hydrogen-bond donors (Lipinski definition) is 1. The molecule has 6 nitrogen and oxygen atoms in total. The third-order valence-corrected chi connectivity index (χ3v) is 7.22. The lowest BCUT2D eigenvalue weighted by Gasteiger charge is -2.26. The normalized spacial score (nSPS) is 15.6. The van der Waals surface area contributed by atoms with Crippen molar-refractivity contribution in [2.75, 3.05) is 31.6 Å². The first-order chi connectivity index (χ1) is 12.4. The minimum atomic E-state index is -3.76. The number of nitrogens with zero attached hydrogens (tertiary/aromatic N) is 1. The molecule has 0 aliphatic carbocycles. The van der Waals surface area contributed by atoms with Gasteiger partial charge in [-0.3, -0.25) is 4.79 Å². The second kappa shape index (κ2) is 8.22. The highest BCUT2D eigenvalue weighted by atomic mass is 127. The number of halogens is 2. The molecule has 2 aromatic carbocycles. The van der Waals surface area contributed by atoms with Crippen LogP contribution in [0.4, 0.5) is 5.69 Å². The van der Waals surface area contributed by atoms with Crippen LogP contribution in [0.5, 0.6) is 0 Å². The van der Waals surface area contributed by atoms with Crippen LogP contribution in [0.25, 0.3) is 0 Å². The first-order valence-electron chi connectivity index (χ1n) is 7.83. The van der Waals surface area contributed by atoms with Crippen molar-refractivity contribution in [3.63, 3.8) is 0 Å². The van der Waals surface area contributed by atoms with E-state index in [4.69, 9.17) is 16.3 Å². The van der Waals surface area contributed by atoms with Gasteiger partial charge >= 0.3 is 0 Å². The lowest BCUT2D eigenvalue weighted by molar-refractivity contribution is 0.0730. The first kappa shape index (κ1) is 19.6. The Balaban J connectivity index is 1.88. The van der Waals surface area contributed by atoms with Gasteiger partial charge in [-0.1, -0.05) is 23.7 Å². The monoisotopic (exact) mass is 506 g/mol. The van der Waals surface area contributed by atoms with Crippen LogP contribution in [0.3, 0.4) is 0 Å². The van der Waals surface area contributed by atoms with Crippen molar-refractivity contribution < 1.29 is 17.9 Å². The third kappa shape index (κ3) is 4.20. The van der Waals surface area contributed by atoms with Crippen LogP contribution in [-0.2, 0) is 14.8 Å². The summed E-state index contributed by atoms with van der Waals surface area (Å²) in [6, 6.07) is 11.6. The number of ether oxygens (including phenoxy) is 1. The highest BCUT2D eigenvalue weighted by Gasteiger charge is 2.28. The molecule has 1 saturated heterocycles. The van der Waals surface area contributed by atoms with Gasteiger partial charge in [0.25, 0.3) is 5.91 Å². The number of benzene rings is 2. The fourth-order valence-corrected chi connectivity index (χ4v) is 5.09. The van der Waals surface area contributed by atoms with Gasteiger partial charge < -0.3 is 10.1 Å². The molecule has 1 aliphatic heterocycles. The van der Waals surface area contributed by atoms with Gasteiger partial charge in [-0.25, -0.2) is 8.42 Å². The van der Waals surface area contributed by atoms with E-state index in [1.54, 1.807) is 18.2 Å². The van der Waals surface area contributed by atoms with E-state index in [9.17, 15) is 13.2 Å². The van der Waals surface area contributed by atoms with E-state index in [0.29, 0.717) is 24.5 Å². The Morgan fingerprint density at radius 1 is 1.15 bits per heavy atom. The Morgan fingerprint density at radius 2 is 1.85 bits per heavy atom. The molecule has 1 amide bonds. The summed E-state index contributed by atoms with van der Waals surface area (Å²) in [5, 5.41) is 2.85. The molecule has 2 aromatic rings. The Kier molecular flexibility index (Phi) is 6.18. The molecule has 1 heterocycles. The summed E-state index contributed by atoms with van der Waals surface area (Å²) in [4.78, 5) is 12.4. The number of morpholine rings is 1. The molecule has 0 unspecified atom stereocenters.